The normalized spacial score (nSPS) is 20.6. The van der Waals surface area contributed by atoms with E-state index in [1.54, 1.807) is 18.2 Å². The number of carboxylic acids is 1. The molecule has 1 N–H and O–H groups in total. The monoisotopic (exact) mass is 311 g/mol. The Morgan fingerprint density at radius 2 is 1.91 bits per heavy atom. The lowest BCUT2D eigenvalue weighted by molar-refractivity contribution is -0.142. The average molecular weight is 311 g/mol. The van der Waals surface area contributed by atoms with E-state index < -0.39 is 11.4 Å². The predicted molar refractivity (Wildman–Crippen MR) is 87.8 cm³/mol. The van der Waals surface area contributed by atoms with E-state index in [0.717, 1.165) is 30.5 Å². The third kappa shape index (κ3) is 2.48. The minimum atomic E-state index is -1.49. The van der Waals surface area contributed by atoms with Crippen LogP contribution in [0.2, 0.25) is 0 Å². The number of aryl methyl sites for hydroxylation is 3. The van der Waals surface area contributed by atoms with Crippen molar-refractivity contribution in [2.75, 3.05) is 0 Å². The summed E-state index contributed by atoms with van der Waals surface area (Å²) in [5, 5.41) is 10.0. The van der Waals surface area contributed by atoms with Gasteiger partial charge in [-0.1, -0.05) is 23.8 Å². The van der Waals surface area contributed by atoms with Gasteiger partial charge in [0.05, 0.1) is 0 Å². The second kappa shape index (κ2) is 5.69. The van der Waals surface area contributed by atoms with E-state index in [-0.39, 0.29) is 5.78 Å². The number of aromatic nitrogens is 1. The lowest BCUT2D eigenvalue weighted by atomic mass is 9.74. The van der Waals surface area contributed by atoms with Gasteiger partial charge in [0, 0.05) is 24.0 Å². The number of fused-ring (bicyclic) bond motifs is 1. The average Bonchev–Trinajstić information content (AvgIpc) is 2.78. The minimum Gasteiger partial charge on any atom is -0.480 e. The van der Waals surface area contributed by atoms with Crippen molar-refractivity contribution in [1.82, 2.24) is 4.57 Å². The molecule has 0 saturated heterocycles. The fourth-order valence-corrected chi connectivity index (χ4v) is 3.58. The molecule has 0 aliphatic carbocycles. The molecule has 0 bridgehead atoms. The van der Waals surface area contributed by atoms with Crippen LogP contribution in [0, 0.1) is 13.8 Å². The summed E-state index contributed by atoms with van der Waals surface area (Å²) in [5.74, 6) is -1.36. The molecule has 1 atom stereocenters. The number of carboxylic acid groups (broad SMARTS) is 1. The molecular formula is C19H21NO3. The van der Waals surface area contributed by atoms with Gasteiger partial charge in [0.15, 0.2) is 11.2 Å². The van der Waals surface area contributed by atoms with Crippen LogP contribution in [-0.2, 0) is 16.8 Å². The number of hydrogen-bond donors (Lipinski definition) is 1. The Balaban J connectivity index is 2.21. The second-order valence-electron chi connectivity index (χ2n) is 6.46. The van der Waals surface area contributed by atoms with Gasteiger partial charge in [-0.05, 0) is 50.8 Å². The number of carbonyl (C=O) groups excluding carboxylic acids is 1. The van der Waals surface area contributed by atoms with Crippen molar-refractivity contribution in [3.63, 3.8) is 0 Å². The summed E-state index contributed by atoms with van der Waals surface area (Å²) in [5.41, 5.74) is 1.55. The van der Waals surface area contributed by atoms with E-state index in [2.05, 4.69) is 0 Å². The van der Waals surface area contributed by atoms with Crippen molar-refractivity contribution in [2.24, 2.45) is 0 Å². The van der Waals surface area contributed by atoms with E-state index in [4.69, 9.17) is 0 Å². The minimum absolute atomic E-state index is 0.310. The quantitative estimate of drug-likeness (QED) is 0.697. The van der Waals surface area contributed by atoms with Crippen LogP contribution in [0.5, 0.6) is 0 Å². The highest BCUT2D eigenvalue weighted by atomic mass is 16.4. The SMILES string of the molecule is Cc1cccc(C(=O)C2(C(=O)O)CCCCn3cc(C)cc32)c1. The molecule has 1 unspecified atom stereocenters. The molecule has 4 heteroatoms. The van der Waals surface area contributed by atoms with Gasteiger partial charge in [0.25, 0.3) is 0 Å². The Morgan fingerprint density at radius 3 is 2.61 bits per heavy atom. The van der Waals surface area contributed by atoms with Crippen LogP contribution in [-0.4, -0.2) is 21.4 Å². The van der Waals surface area contributed by atoms with Gasteiger partial charge >= 0.3 is 5.97 Å². The van der Waals surface area contributed by atoms with E-state index in [9.17, 15) is 14.7 Å². The zero-order valence-corrected chi connectivity index (χ0v) is 13.5. The Bertz CT molecular complexity index is 775. The zero-order valence-electron chi connectivity index (χ0n) is 13.5. The van der Waals surface area contributed by atoms with Crippen LogP contribution in [0.3, 0.4) is 0 Å². The summed E-state index contributed by atoms with van der Waals surface area (Å²) in [4.78, 5) is 25.5. The molecule has 0 fully saturated rings. The van der Waals surface area contributed by atoms with Crippen LogP contribution in [0.1, 0.15) is 46.4 Å². The largest absolute Gasteiger partial charge is 0.480 e. The number of ketones is 1. The van der Waals surface area contributed by atoms with Crippen molar-refractivity contribution in [1.29, 1.82) is 0 Å². The van der Waals surface area contributed by atoms with E-state index in [1.165, 1.54) is 0 Å². The van der Waals surface area contributed by atoms with Crippen molar-refractivity contribution in [2.45, 2.75) is 45.1 Å². The van der Waals surface area contributed by atoms with Gasteiger partial charge in [-0.2, -0.15) is 0 Å². The maximum Gasteiger partial charge on any atom is 0.323 e. The van der Waals surface area contributed by atoms with Gasteiger partial charge < -0.3 is 9.67 Å². The molecule has 1 aliphatic heterocycles. The van der Waals surface area contributed by atoms with Crippen molar-refractivity contribution < 1.29 is 14.7 Å². The van der Waals surface area contributed by atoms with Gasteiger partial charge in [0.2, 0.25) is 0 Å². The Kier molecular flexibility index (Phi) is 3.84. The fourth-order valence-electron chi connectivity index (χ4n) is 3.58. The topological polar surface area (TPSA) is 59.3 Å². The van der Waals surface area contributed by atoms with Crippen LogP contribution in [0.25, 0.3) is 0 Å². The first-order valence-electron chi connectivity index (χ1n) is 7.97. The highest BCUT2D eigenvalue weighted by Gasteiger charge is 2.50. The number of nitrogens with zero attached hydrogens (tertiary/aromatic N) is 1. The molecule has 3 rings (SSSR count). The van der Waals surface area contributed by atoms with Crippen LogP contribution in [0.4, 0.5) is 0 Å². The first-order chi connectivity index (χ1) is 10.9. The highest BCUT2D eigenvalue weighted by Crippen LogP contribution is 2.38. The molecule has 0 amide bonds. The summed E-state index contributed by atoms with van der Waals surface area (Å²) in [6.07, 6.45) is 3.91. The fraction of sp³-hybridized carbons (Fsp3) is 0.368. The maximum absolute atomic E-state index is 13.2. The molecule has 2 heterocycles. The van der Waals surface area contributed by atoms with Gasteiger partial charge in [-0.15, -0.1) is 0 Å². The number of rotatable bonds is 3. The Morgan fingerprint density at radius 1 is 1.13 bits per heavy atom. The van der Waals surface area contributed by atoms with Gasteiger partial charge in [-0.25, -0.2) is 0 Å². The second-order valence-corrected chi connectivity index (χ2v) is 6.46. The van der Waals surface area contributed by atoms with Crippen LogP contribution in [0.15, 0.2) is 36.5 Å². The number of aliphatic carboxylic acids is 1. The summed E-state index contributed by atoms with van der Waals surface area (Å²) in [6.45, 7) is 4.61. The van der Waals surface area contributed by atoms with Gasteiger partial charge in [-0.3, -0.25) is 9.59 Å². The third-order valence-electron chi connectivity index (χ3n) is 4.70. The first kappa shape index (κ1) is 15.5. The number of benzene rings is 1. The number of hydrogen-bond acceptors (Lipinski definition) is 2. The third-order valence-corrected chi connectivity index (χ3v) is 4.70. The van der Waals surface area contributed by atoms with E-state index in [1.807, 2.05) is 36.7 Å². The summed E-state index contributed by atoms with van der Waals surface area (Å²) in [7, 11) is 0. The van der Waals surface area contributed by atoms with Crippen molar-refractivity contribution >= 4 is 11.8 Å². The van der Waals surface area contributed by atoms with Crippen molar-refractivity contribution in [3.05, 3.63) is 58.9 Å². The Labute approximate surface area is 135 Å². The van der Waals surface area contributed by atoms with Gasteiger partial charge in [0.1, 0.15) is 0 Å². The molecule has 4 nitrogen and oxygen atoms in total. The molecule has 1 aromatic carbocycles. The lowest BCUT2D eigenvalue weighted by Gasteiger charge is -2.27. The molecule has 2 aromatic rings. The molecule has 120 valence electrons. The standard InChI is InChI=1S/C19H21NO3/c1-13-6-5-7-15(10-13)17(21)19(18(22)23)8-3-4-9-20-12-14(2)11-16(19)20/h5-7,10-12H,3-4,8-9H2,1-2H3,(H,22,23). The predicted octanol–water partition coefficient (Wildman–Crippen LogP) is 3.49. The summed E-state index contributed by atoms with van der Waals surface area (Å²) in [6, 6.07) is 9.06. The van der Waals surface area contributed by atoms with Crippen LogP contribution >= 0.6 is 0 Å². The molecule has 0 radical (unpaired) electrons. The maximum atomic E-state index is 13.2. The molecule has 23 heavy (non-hydrogen) atoms. The number of Topliss-reactive ketones (excluding diaryl/α,β-unsaturated/α-hetero) is 1. The number of carbonyl (C=O) groups is 2. The Hall–Kier alpha value is -2.36. The summed E-state index contributed by atoms with van der Waals surface area (Å²) < 4.78 is 1.95. The molecule has 1 aliphatic rings. The van der Waals surface area contributed by atoms with E-state index in [0.29, 0.717) is 17.7 Å². The van der Waals surface area contributed by atoms with Crippen LogP contribution < -0.4 is 0 Å². The summed E-state index contributed by atoms with van der Waals surface area (Å²) >= 11 is 0. The van der Waals surface area contributed by atoms with Crippen molar-refractivity contribution in [3.8, 4) is 0 Å². The molecular weight excluding hydrogens is 290 g/mol. The first-order valence-corrected chi connectivity index (χ1v) is 7.97. The molecule has 1 aromatic heterocycles. The molecule has 0 spiro atoms. The zero-order chi connectivity index (χ0) is 16.6. The van der Waals surface area contributed by atoms with E-state index >= 15 is 0 Å². The molecule has 0 saturated carbocycles. The smallest absolute Gasteiger partial charge is 0.323 e. The lowest BCUT2D eigenvalue weighted by Crippen LogP contribution is -2.44. The highest BCUT2D eigenvalue weighted by molar-refractivity contribution is 6.16.